The molecule has 1 aliphatic rings. The molecule has 0 saturated carbocycles. The number of likely N-dealkylation sites (N-methyl/N-ethyl adjacent to an activating group) is 1. The highest BCUT2D eigenvalue weighted by Gasteiger charge is 2.27. The maximum Gasteiger partial charge on any atom is 0.240 e. The van der Waals surface area contributed by atoms with Crippen molar-refractivity contribution in [3.05, 3.63) is 35.6 Å². The fourth-order valence-electron chi connectivity index (χ4n) is 2.72. The van der Waals surface area contributed by atoms with E-state index in [1.165, 1.54) is 12.1 Å². The lowest BCUT2D eigenvalue weighted by molar-refractivity contribution is -0.134. The molecule has 0 aliphatic carbocycles. The minimum atomic E-state index is -0.254. The summed E-state index contributed by atoms with van der Waals surface area (Å²) in [6, 6.07) is 6.37. The predicted molar refractivity (Wildman–Crippen MR) is 77.7 cm³/mol. The number of nitrogens with one attached hydrogen (secondary N) is 1. The lowest BCUT2D eigenvalue weighted by Gasteiger charge is -2.32. The topological polar surface area (TPSA) is 32.3 Å². The van der Waals surface area contributed by atoms with E-state index < -0.39 is 0 Å². The van der Waals surface area contributed by atoms with Gasteiger partial charge in [-0.25, -0.2) is 4.39 Å². The van der Waals surface area contributed by atoms with Crippen LogP contribution in [0.3, 0.4) is 0 Å². The van der Waals surface area contributed by atoms with E-state index in [1.54, 1.807) is 11.0 Å². The predicted octanol–water partition coefficient (Wildman–Crippen LogP) is 2.56. The lowest BCUT2D eigenvalue weighted by Crippen LogP contribution is -2.49. The van der Waals surface area contributed by atoms with E-state index in [4.69, 9.17) is 0 Å². The number of amides is 1. The fourth-order valence-corrected chi connectivity index (χ4v) is 2.72. The van der Waals surface area contributed by atoms with Crippen molar-refractivity contribution in [2.45, 2.75) is 39.3 Å². The van der Waals surface area contributed by atoms with Crippen LogP contribution in [0.25, 0.3) is 0 Å². The molecule has 110 valence electrons. The van der Waals surface area contributed by atoms with Gasteiger partial charge in [0.2, 0.25) is 5.91 Å². The van der Waals surface area contributed by atoms with E-state index in [9.17, 15) is 9.18 Å². The van der Waals surface area contributed by atoms with E-state index in [1.807, 2.05) is 13.0 Å². The van der Waals surface area contributed by atoms with Crippen molar-refractivity contribution in [1.29, 1.82) is 0 Å². The normalized spacial score (nSPS) is 22.6. The number of piperidine rings is 1. The van der Waals surface area contributed by atoms with Gasteiger partial charge in [-0.2, -0.15) is 0 Å². The van der Waals surface area contributed by atoms with E-state index in [0.717, 1.165) is 24.9 Å². The third-order valence-electron chi connectivity index (χ3n) is 3.92. The zero-order chi connectivity index (χ0) is 14.5. The number of hydrogen-bond acceptors (Lipinski definition) is 2. The van der Waals surface area contributed by atoms with Crippen molar-refractivity contribution in [3.63, 3.8) is 0 Å². The van der Waals surface area contributed by atoms with Crippen LogP contribution < -0.4 is 5.32 Å². The Balaban J connectivity index is 2.02. The molecule has 1 aliphatic heterocycles. The van der Waals surface area contributed by atoms with Gasteiger partial charge in [-0.15, -0.1) is 0 Å². The largest absolute Gasteiger partial charge is 0.337 e. The molecular formula is C16H23FN2O. The van der Waals surface area contributed by atoms with Gasteiger partial charge >= 0.3 is 0 Å². The summed E-state index contributed by atoms with van der Waals surface area (Å²) in [5.41, 5.74) is 0.837. The first-order chi connectivity index (χ1) is 9.60. The second-order valence-electron chi connectivity index (χ2n) is 5.62. The summed E-state index contributed by atoms with van der Waals surface area (Å²) in [6.07, 6.45) is 2.01. The Morgan fingerprint density at radius 3 is 2.95 bits per heavy atom. The number of rotatable bonds is 4. The van der Waals surface area contributed by atoms with Crippen LogP contribution in [0.1, 0.15) is 32.3 Å². The van der Waals surface area contributed by atoms with E-state index >= 15 is 0 Å². The summed E-state index contributed by atoms with van der Waals surface area (Å²) in [5.74, 6) is 0.455. The number of hydrogen-bond donors (Lipinski definition) is 1. The number of carbonyl (C=O) groups excluding carboxylic acids is 1. The van der Waals surface area contributed by atoms with Gasteiger partial charge in [0.15, 0.2) is 0 Å². The number of halogens is 1. The van der Waals surface area contributed by atoms with Gasteiger partial charge < -0.3 is 10.2 Å². The van der Waals surface area contributed by atoms with Crippen LogP contribution in [0.2, 0.25) is 0 Å². The molecule has 1 heterocycles. The summed E-state index contributed by atoms with van der Waals surface area (Å²) in [6.45, 7) is 6.16. The molecule has 0 spiro atoms. The Hall–Kier alpha value is -1.42. The first kappa shape index (κ1) is 15.0. The number of nitrogens with zero attached hydrogens (tertiary/aromatic N) is 1. The Morgan fingerprint density at radius 1 is 1.50 bits per heavy atom. The van der Waals surface area contributed by atoms with E-state index in [-0.39, 0.29) is 17.8 Å². The van der Waals surface area contributed by atoms with Crippen molar-refractivity contribution in [2.75, 3.05) is 13.1 Å². The molecule has 0 aromatic heterocycles. The molecular weight excluding hydrogens is 255 g/mol. The van der Waals surface area contributed by atoms with Gasteiger partial charge in [0.25, 0.3) is 0 Å². The molecule has 1 aromatic carbocycles. The highest BCUT2D eigenvalue weighted by atomic mass is 19.1. The molecule has 2 atom stereocenters. The van der Waals surface area contributed by atoms with Crippen LogP contribution in [0.15, 0.2) is 24.3 Å². The molecule has 1 fully saturated rings. The Bertz CT molecular complexity index is 464. The summed E-state index contributed by atoms with van der Waals surface area (Å²) >= 11 is 0. The van der Waals surface area contributed by atoms with Crippen LogP contribution in [-0.2, 0) is 11.3 Å². The quantitative estimate of drug-likeness (QED) is 0.918. The van der Waals surface area contributed by atoms with Gasteiger partial charge in [-0.3, -0.25) is 4.79 Å². The average Bonchev–Trinajstić information content (AvgIpc) is 2.44. The zero-order valence-electron chi connectivity index (χ0n) is 12.2. The SMILES string of the molecule is CCN(Cc1cccc(F)c1)C(=O)C1CC(C)CCN1. The molecule has 0 radical (unpaired) electrons. The highest BCUT2D eigenvalue weighted by molar-refractivity contribution is 5.82. The molecule has 2 unspecified atom stereocenters. The van der Waals surface area contributed by atoms with Gasteiger partial charge in [0.1, 0.15) is 5.82 Å². The van der Waals surface area contributed by atoms with Crippen molar-refractivity contribution in [2.24, 2.45) is 5.92 Å². The molecule has 2 rings (SSSR count). The lowest BCUT2D eigenvalue weighted by atomic mass is 9.93. The Labute approximate surface area is 120 Å². The zero-order valence-corrected chi connectivity index (χ0v) is 12.2. The summed E-state index contributed by atoms with van der Waals surface area (Å²) < 4.78 is 13.2. The molecule has 4 heteroatoms. The van der Waals surface area contributed by atoms with Gasteiger partial charge in [-0.05, 0) is 49.9 Å². The Kier molecular flexibility index (Phi) is 5.12. The fraction of sp³-hybridized carbons (Fsp3) is 0.562. The standard InChI is InChI=1S/C16H23FN2O/c1-3-19(11-13-5-4-6-14(17)10-13)16(20)15-9-12(2)7-8-18-15/h4-6,10,12,15,18H,3,7-9,11H2,1-2H3. The molecule has 0 bridgehead atoms. The summed E-state index contributed by atoms with van der Waals surface area (Å²) in [7, 11) is 0. The van der Waals surface area contributed by atoms with E-state index in [0.29, 0.717) is 19.0 Å². The van der Waals surface area contributed by atoms with Crippen LogP contribution in [-0.4, -0.2) is 29.9 Å². The second-order valence-corrected chi connectivity index (χ2v) is 5.62. The smallest absolute Gasteiger partial charge is 0.240 e. The molecule has 1 N–H and O–H groups in total. The third kappa shape index (κ3) is 3.79. The van der Waals surface area contributed by atoms with Crippen molar-refractivity contribution < 1.29 is 9.18 Å². The molecule has 1 amide bonds. The van der Waals surface area contributed by atoms with Gasteiger partial charge in [-0.1, -0.05) is 19.1 Å². The molecule has 1 saturated heterocycles. The minimum absolute atomic E-state index is 0.0905. The summed E-state index contributed by atoms with van der Waals surface area (Å²) in [5, 5.41) is 3.30. The van der Waals surface area contributed by atoms with Crippen molar-refractivity contribution in [3.8, 4) is 0 Å². The molecule has 3 nitrogen and oxygen atoms in total. The van der Waals surface area contributed by atoms with Crippen LogP contribution in [0.5, 0.6) is 0 Å². The third-order valence-corrected chi connectivity index (χ3v) is 3.92. The number of carbonyl (C=O) groups is 1. The monoisotopic (exact) mass is 278 g/mol. The van der Waals surface area contributed by atoms with Crippen molar-refractivity contribution in [1.82, 2.24) is 10.2 Å². The van der Waals surface area contributed by atoms with E-state index in [2.05, 4.69) is 12.2 Å². The Morgan fingerprint density at radius 2 is 2.30 bits per heavy atom. The average molecular weight is 278 g/mol. The maximum absolute atomic E-state index is 13.2. The number of benzene rings is 1. The first-order valence-corrected chi connectivity index (χ1v) is 7.36. The minimum Gasteiger partial charge on any atom is -0.337 e. The first-order valence-electron chi connectivity index (χ1n) is 7.36. The second kappa shape index (κ2) is 6.84. The molecule has 20 heavy (non-hydrogen) atoms. The van der Waals surface area contributed by atoms with Gasteiger partial charge in [0.05, 0.1) is 6.04 Å². The van der Waals surface area contributed by atoms with Crippen LogP contribution in [0, 0.1) is 11.7 Å². The van der Waals surface area contributed by atoms with Crippen molar-refractivity contribution >= 4 is 5.91 Å². The summed E-state index contributed by atoms with van der Waals surface area (Å²) in [4.78, 5) is 14.3. The maximum atomic E-state index is 13.2. The van der Waals surface area contributed by atoms with Gasteiger partial charge in [0, 0.05) is 13.1 Å². The molecule has 1 aromatic rings. The van der Waals surface area contributed by atoms with Crippen LogP contribution in [0.4, 0.5) is 4.39 Å². The highest BCUT2D eigenvalue weighted by Crippen LogP contribution is 2.17. The van der Waals surface area contributed by atoms with Crippen LogP contribution >= 0.6 is 0 Å².